The molecule has 2 fully saturated rings. The molecule has 0 aliphatic carbocycles. The molecule has 186 valence electrons. The van der Waals surface area contributed by atoms with E-state index in [1.165, 1.54) is 0 Å². The van der Waals surface area contributed by atoms with Gasteiger partial charge in [0.05, 0.1) is 23.7 Å². The second kappa shape index (κ2) is 9.87. The maximum atomic E-state index is 13.4. The summed E-state index contributed by atoms with van der Waals surface area (Å²) in [5, 5.41) is 8.93. The van der Waals surface area contributed by atoms with Crippen molar-refractivity contribution >= 4 is 40.0 Å². The molecule has 1 N–H and O–H groups in total. The highest BCUT2D eigenvalue weighted by Crippen LogP contribution is 2.37. The van der Waals surface area contributed by atoms with E-state index in [1.54, 1.807) is 19.5 Å². The minimum Gasteiger partial charge on any atom is -0.494 e. The number of ether oxygens (including phenoxy) is 1. The Bertz CT molecular complexity index is 1220. The second-order valence-corrected chi connectivity index (χ2v) is 9.46. The zero-order chi connectivity index (χ0) is 24.5. The molecule has 1 amide bonds. The van der Waals surface area contributed by atoms with Gasteiger partial charge in [-0.3, -0.25) is 9.89 Å². The predicted octanol–water partition coefficient (Wildman–Crippen LogP) is 2.29. The number of amides is 1. The van der Waals surface area contributed by atoms with Crippen LogP contribution in [0.4, 0.5) is 11.5 Å². The standard InChI is InChI=1S/C24H31ClN8O2/c1-4-18-20-22(29-28-18)26-15-27-23(20)32-11-9-31(10-12-32)19-14-16(25)13-17(21(19)35-3)24(34)33-7-5-30(2)6-8-33/h13-15H,4-12H2,1-3H3,(H,26,27,28,29). The summed E-state index contributed by atoms with van der Waals surface area (Å²) in [5.41, 5.74) is 3.10. The number of anilines is 2. The predicted molar refractivity (Wildman–Crippen MR) is 137 cm³/mol. The Kier molecular flexibility index (Phi) is 6.66. The fraction of sp³-hybridized carbons (Fsp3) is 0.500. The van der Waals surface area contributed by atoms with Crippen molar-refractivity contribution in [3.63, 3.8) is 0 Å². The van der Waals surface area contributed by atoms with Crippen molar-refractivity contribution in [1.29, 1.82) is 0 Å². The number of carbonyl (C=O) groups excluding carboxylic acids is 1. The van der Waals surface area contributed by atoms with E-state index in [1.807, 2.05) is 11.0 Å². The van der Waals surface area contributed by atoms with Crippen molar-refractivity contribution in [1.82, 2.24) is 30.0 Å². The Balaban J connectivity index is 1.38. The summed E-state index contributed by atoms with van der Waals surface area (Å²) in [6, 6.07) is 3.62. The first kappa shape index (κ1) is 23.6. The largest absolute Gasteiger partial charge is 0.494 e. The monoisotopic (exact) mass is 498 g/mol. The number of fused-ring (bicyclic) bond motifs is 1. The van der Waals surface area contributed by atoms with Crippen LogP contribution in [0.5, 0.6) is 5.75 Å². The number of methoxy groups -OCH3 is 1. The van der Waals surface area contributed by atoms with Crippen LogP contribution < -0.4 is 14.5 Å². The van der Waals surface area contributed by atoms with Crippen molar-refractivity contribution < 1.29 is 9.53 Å². The lowest BCUT2D eigenvalue weighted by molar-refractivity contribution is 0.0661. The number of nitrogens with zero attached hydrogens (tertiary/aromatic N) is 7. The van der Waals surface area contributed by atoms with Gasteiger partial charge in [0.1, 0.15) is 12.1 Å². The van der Waals surface area contributed by atoms with E-state index in [4.69, 9.17) is 16.3 Å². The molecular formula is C24H31ClN8O2. The van der Waals surface area contributed by atoms with Crippen molar-refractivity contribution in [2.75, 3.05) is 76.3 Å². The Labute approximate surface area is 209 Å². The lowest BCUT2D eigenvalue weighted by Crippen LogP contribution is -2.48. The molecule has 0 bridgehead atoms. The third-order valence-corrected chi connectivity index (χ3v) is 7.16. The van der Waals surface area contributed by atoms with Crippen LogP contribution in [0.1, 0.15) is 23.0 Å². The van der Waals surface area contributed by atoms with Crippen LogP contribution in [0.25, 0.3) is 11.0 Å². The van der Waals surface area contributed by atoms with Crippen LogP contribution >= 0.6 is 11.6 Å². The fourth-order valence-corrected chi connectivity index (χ4v) is 5.13. The number of benzene rings is 1. The highest BCUT2D eigenvalue weighted by atomic mass is 35.5. The maximum Gasteiger partial charge on any atom is 0.257 e. The molecular weight excluding hydrogens is 468 g/mol. The molecule has 5 rings (SSSR count). The SMILES string of the molecule is CCc1[nH]nc2ncnc(N3CCN(c4cc(Cl)cc(C(=O)N5CCN(C)CC5)c4OC)CC3)c12. The first-order valence-corrected chi connectivity index (χ1v) is 12.4. The topological polar surface area (TPSA) is 93.7 Å². The first-order chi connectivity index (χ1) is 17.0. The molecule has 0 spiro atoms. The zero-order valence-corrected chi connectivity index (χ0v) is 21.2. The van der Waals surface area contributed by atoms with Crippen LogP contribution in [-0.4, -0.2) is 102 Å². The number of piperazine rings is 2. The number of halogens is 1. The third kappa shape index (κ3) is 4.48. The Morgan fingerprint density at radius 3 is 2.46 bits per heavy atom. The van der Waals surface area contributed by atoms with Crippen molar-refractivity contribution in [2.45, 2.75) is 13.3 Å². The third-order valence-electron chi connectivity index (χ3n) is 6.94. The van der Waals surface area contributed by atoms with Crippen LogP contribution in [0.3, 0.4) is 0 Å². The van der Waals surface area contributed by atoms with Crippen molar-refractivity contribution in [3.05, 3.63) is 34.7 Å². The van der Waals surface area contributed by atoms with Gasteiger partial charge in [-0.25, -0.2) is 9.97 Å². The number of rotatable bonds is 5. The number of carbonyl (C=O) groups is 1. The normalized spacial score (nSPS) is 17.3. The summed E-state index contributed by atoms with van der Waals surface area (Å²) in [6.45, 7) is 8.20. The van der Waals surface area contributed by atoms with Crippen LogP contribution in [-0.2, 0) is 6.42 Å². The minimum atomic E-state index is -0.0345. The molecule has 35 heavy (non-hydrogen) atoms. The van der Waals surface area contributed by atoms with Gasteiger partial charge in [-0.1, -0.05) is 18.5 Å². The number of nitrogens with one attached hydrogen (secondary N) is 1. The van der Waals surface area contributed by atoms with E-state index < -0.39 is 0 Å². The van der Waals surface area contributed by atoms with Crippen LogP contribution in [0, 0.1) is 0 Å². The van der Waals surface area contributed by atoms with E-state index in [0.29, 0.717) is 35.1 Å². The lowest BCUT2D eigenvalue weighted by Gasteiger charge is -2.38. The van der Waals surface area contributed by atoms with E-state index in [0.717, 1.165) is 68.3 Å². The number of hydrogen-bond donors (Lipinski definition) is 1. The zero-order valence-electron chi connectivity index (χ0n) is 20.4. The number of aromatic amines is 1. The maximum absolute atomic E-state index is 13.4. The minimum absolute atomic E-state index is 0.0345. The van der Waals surface area contributed by atoms with E-state index in [-0.39, 0.29) is 5.91 Å². The molecule has 0 unspecified atom stereocenters. The summed E-state index contributed by atoms with van der Waals surface area (Å²) in [6.07, 6.45) is 2.40. The Morgan fingerprint density at radius 1 is 1.06 bits per heavy atom. The van der Waals surface area contributed by atoms with Gasteiger partial charge in [-0.05, 0) is 25.6 Å². The first-order valence-electron chi connectivity index (χ1n) is 12.0. The summed E-state index contributed by atoms with van der Waals surface area (Å²) in [4.78, 5) is 30.9. The molecule has 2 aromatic heterocycles. The Morgan fingerprint density at radius 2 is 1.77 bits per heavy atom. The van der Waals surface area contributed by atoms with E-state index in [2.05, 4.69) is 48.8 Å². The molecule has 11 heteroatoms. The van der Waals surface area contributed by atoms with Crippen molar-refractivity contribution in [2.24, 2.45) is 0 Å². The number of aryl methyl sites for hydroxylation is 1. The van der Waals surface area contributed by atoms with Crippen molar-refractivity contribution in [3.8, 4) is 5.75 Å². The average Bonchev–Trinajstić information content (AvgIpc) is 3.32. The highest BCUT2D eigenvalue weighted by Gasteiger charge is 2.29. The quantitative estimate of drug-likeness (QED) is 0.572. The van der Waals surface area contributed by atoms with Gasteiger partial charge in [0.15, 0.2) is 11.4 Å². The average molecular weight is 499 g/mol. The number of H-pyrrole nitrogens is 1. The molecule has 2 saturated heterocycles. The molecule has 2 aliphatic heterocycles. The number of likely N-dealkylation sites (N-methyl/N-ethyl adjacent to an activating group) is 1. The molecule has 2 aliphatic rings. The number of aromatic nitrogens is 4. The molecule has 1 aromatic carbocycles. The van der Waals surface area contributed by atoms with Crippen LogP contribution in [0.15, 0.2) is 18.5 Å². The molecule has 4 heterocycles. The summed E-state index contributed by atoms with van der Waals surface area (Å²) >= 11 is 6.52. The highest BCUT2D eigenvalue weighted by molar-refractivity contribution is 6.31. The van der Waals surface area contributed by atoms with Gasteiger partial charge < -0.3 is 24.3 Å². The smallest absolute Gasteiger partial charge is 0.257 e. The van der Waals surface area contributed by atoms with Gasteiger partial charge in [-0.15, -0.1) is 0 Å². The molecule has 0 saturated carbocycles. The summed E-state index contributed by atoms with van der Waals surface area (Å²) < 4.78 is 5.80. The Hall–Kier alpha value is -3.11. The van der Waals surface area contributed by atoms with Crippen LogP contribution in [0.2, 0.25) is 5.02 Å². The molecule has 0 atom stereocenters. The summed E-state index contributed by atoms with van der Waals surface area (Å²) in [5.74, 6) is 1.45. The van der Waals surface area contributed by atoms with E-state index in [9.17, 15) is 4.79 Å². The lowest BCUT2D eigenvalue weighted by atomic mass is 10.1. The van der Waals surface area contributed by atoms with E-state index >= 15 is 0 Å². The van der Waals surface area contributed by atoms with Gasteiger partial charge in [0, 0.05) is 63.1 Å². The van der Waals surface area contributed by atoms with Gasteiger partial charge in [-0.2, -0.15) is 5.10 Å². The molecule has 10 nitrogen and oxygen atoms in total. The molecule has 3 aromatic rings. The van der Waals surface area contributed by atoms with Gasteiger partial charge >= 0.3 is 0 Å². The number of hydrogen-bond acceptors (Lipinski definition) is 8. The second-order valence-electron chi connectivity index (χ2n) is 9.03. The van der Waals surface area contributed by atoms with Gasteiger partial charge in [0.2, 0.25) is 0 Å². The fourth-order valence-electron chi connectivity index (χ4n) is 4.92. The summed E-state index contributed by atoms with van der Waals surface area (Å²) in [7, 11) is 3.69. The molecule has 0 radical (unpaired) electrons. The van der Waals surface area contributed by atoms with Gasteiger partial charge in [0.25, 0.3) is 5.91 Å².